The zero-order valence-electron chi connectivity index (χ0n) is 16.5. The van der Waals surface area contributed by atoms with Crippen LogP contribution in [0.15, 0.2) is 42.9 Å². The molecule has 7 nitrogen and oxygen atoms in total. The minimum absolute atomic E-state index is 0.0433. The normalized spacial score (nSPS) is 16.7. The highest BCUT2D eigenvalue weighted by molar-refractivity contribution is 6.42. The Hall–Kier alpha value is -2.61. The molecule has 0 aliphatic carbocycles. The van der Waals surface area contributed by atoms with Crippen LogP contribution in [0.2, 0.25) is 10.0 Å². The Morgan fingerprint density at radius 2 is 2.07 bits per heavy atom. The zero-order valence-corrected chi connectivity index (χ0v) is 18.0. The van der Waals surface area contributed by atoms with Gasteiger partial charge in [-0.1, -0.05) is 29.3 Å². The van der Waals surface area contributed by atoms with Crippen LogP contribution in [0.5, 0.6) is 0 Å². The summed E-state index contributed by atoms with van der Waals surface area (Å²) in [6.45, 7) is 2.39. The smallest absolute Gasteiger partial charge is 0.255 e. The molecule has 2 aromatic heterocycles. The molecule has 9 heteroatoms. The number of nitrogen functional groups attached to an aromatic ring is 1. The van der Waals surface area contributed by atoms with Gasteiger partial charge in [-0.15, -0.1) is 0 Å². The maximum absolute atomic E-state index is 12.9. The molecule has 1 fully saturated rings. The van der Waals surface area contributed by atoms with Crippen molar-refractivity contribution in [2.45, 2.75) is 19.0 Å². The fourth-order valence-corrected chi connectivity index (χ4v) is 3.96. The third-order valence-electron chi connectivity index (χ3n) is 5.20. The van der Waals surface area contributed by atoms with Gasteiger partial charge in [-0.3, -0.25) is 14.4 Å². The number of nitrogens with zero attached hydrogens (tertiary/aromatic N) is 4. The number of anilines is 1. The average Bonchev–Trinajstić information content (AvgIpc) is 3.34. The molecule has 0 bridgehead atoms. The number of carbonyl (C=O) groups is 1. The fraction of sp³-hybridized carbons (Fsp3) is 0.286. The summed E-state index contributed by atoms with van der Waals surface area (Å²) in [5.41, 5.74) is 9.13. The van der Waals surface area contributed by atoms with Gasteiger partial charge in [0.2, 0.25) is 0 Å². The third kappa shape index (κ3) is 4.59. The number of nitrogens with two attached hydrogens (primary N) is 1. The molecule has 156 valence electrons. The van der Waals surface area contributed by atoms with Gasteiger partial charge in [0.05, 0.1) is 21.8 Å². The van der Waals surface area contributed by atoms with Crippen molar-refractivity contribution in [1.82, 2.24) is 25.0 Å². The Bertz CT molecular complexity index is 1080. The van der Waals surface area contributed by atoms with Crippen LogP contribution in [0.25, 0.3) is 11.1 Å². The first-order chi connectivity index (χ1) is 14.4. The number of halogens is 2. The molecule has 0 unspecified atom stereocenters. The molecule has 1 saturated heterocycles. The monoisotopic (exact) mass is 444 g/mol. The predicted molar refractivity (Wildman–Crippen MR) is 118 cm³/mol. The molecule has 1 atom stereocenters. The quantitative estimate of drug-likeness (QED) is 0.629. The fourth-order valence-electron chi connectivity index (χ4n) is 3.64. The van der Waals surface area contributed by atoms with Crippen LogP contribution >= 0.6 is 23.2 Å². The van der Waals surface area contributed by atoms with E-state index < -0.39 is 0 Å². The molecule has 3 N–H and O–H groups in total. The van der Waals surface area contributed by atoms with Crippen molar-refractivity contribution < 1.29 is 4.79 Å². The summed E-state index contributed by atoms with van der Waals surface area (Å²) in [6, 6.07) is 7.46. The topological polar surface area (TPSA) is 89.1 Å². The Morgan fingerprint density at radius 3 is 2.80 bits per heavy atom. The van der Waals surface area contributed by atoms with Gasteiger partial charge < -0.3 is 11.1 Å². The van der Waals surface area contributed by atoms with Gasteiger partial charge in [0.15, 0.2) is 0 Å². The van der Waals surface area contributed by atoms with Crippen molar-refractivity contribution in [2.75, 3.05) is 18.8 Å². The van der Waals surface area contributed by atoms with Crippen LogP contribution < -0.4 is 11.1 Å². The predicted octanol–water partition coefficient (Wildman–Crippen LogP) is 3.38. The number of pyridine rings is 1. The van der Waals surface area contributed by atoms with E-state index in [1.807, 2.05) is 25.4 Å². The van der Waals surface area contributed by atoms with E-state index in [0.29, 0.717) is 15.6 Å². The molecule has 4 rings (SSSR count). The van der Waals surface area contributed by atoms with Crippen LogP contribution in [-0.4, -0.2) is 44.7 Å². The van der Waals surface area contributed by atoms with E-state index in [2.05, 4.69) is 20.3 Å². The Kier molecular flexibility index (Phi) is 5.94. The molecule has 1 amide bonds. The van der Waals surface area contributed by atoms with E-state index in [4.69, 9.17) is 28.9 Å². The number of amides is 1. The zero-order chi connectivity index (χ0) is 21.3. The highest BCUT2D eigenvalue weighted by atomic mass is 35.5. The summed E-state index contributed by atoms with van der Waals surface area (Å²) < 4.78 is 1.70. The molecule has 0 saturated carbocycles. The number of aryl methyl sites for hydroxylation is 1. The second kappa shape index (κ2) is 8.63. The lowest BCUT2D eigenvalue weighted by atomic mass is 10.1. The maximum atomic E-state index is 12.9. The van der Waals surface area contributed by atoms with E-state index in [-0.39, 0.29) is 17.8 Å². The van der Waals surface area contributed by atoms with Gasteiger partial charge in [0, 0.05) is 56.2 Å². The highest BCUT2D eigenvalue weighted by Gasteiger charge is 2.25. The molecule has 1 aliphatic rings. The molecule has 0 spiro atoms. The molecule has 1 aliphatic heterocycles. The molecule has 3 aromatic rings. The van der Waals surface area contributed by atoms with Crippen molar-refractivity contribution in [3.63, 3.8) is 0 Å². The molecule has 30 heavy (non-hydrogen) atoms. The number of aromatic nitrogens is 3. The van der Waals surface area contributed by atoms with Gasteiger partial charge in [0.25, 0.3) is 5.91 Å². The number of nitrogens with one attached hydrogen (secondary N) is 1. The summed E-state index contributed by atoms with van der Waals surface area (Å²) in [4.78, 5) is 19.3. The van der Waals surface area contributed by atoms with Crippen LogP contribution in [0, 0.1) is 0 Å². The number of hydrogen-bond donors (Lipinski definition) is 2. The van der Waals surface area contributed by atoms with Crippen molar-refractivity contribution in [3.05, 3.63) is 64.0 Å². The lowest BCUT2D eigenvalue weighted by Crippen LogP contribution is -2.37. The van der Waals surface area contributed by atoms with Gasteiger partial charge in [0.1, 0.15) is 5.82 Å². The summed E-state index contributed by atoms with van der Waals surface area (Å²) in [7, 11) is 1.84. The molecular weight excluding hydrogens is 423 g/mol. The largest absolute Gasteiger partial charge is 0.383 e. The van der Waals surface area contributed by atoms with Crippen LogP contribution in [0.4, 0.5) is 5.82 Å². The first-order valence-corrected chi connectivity index (χ1v) is 10.4. The number of rotatable bonds is 5. The summed E-state index contributed by atoms with van der Waals surface area (Å²) in [5.74, 6) is -0.00192. The van der Waals surface area contributed by atoms with Crippen molar-refractivity contribution in [1.29, 1.82) is 0 Å². The van der Waals surface area contributed by atoms with Crippen LogP contribution in [-0.2, 0) is 13.6 Å². The maximum Gasteiger partial charge on any atom is 0.255 e. The summed E-state index contributed by atoms with van der Waals surface area (Å²) >= 11 is 12.1. The number of carbonyl (C=O) groups excluding carboxylic acids is 1. The SMILES string of the molecule is Cn1cc(-c2cnc(N)c(C(=O)N[C@@H]3CCN(Cc4ccc(Cl)c(Cl)c4)C3)c2)cn1. The van der Waals surface area contributed by atoms with E-state index in [0.717, 1.165) is 42.7 Å². The van der Waals surface area contributed by atoms with E-state index >= 15 is 0 Å². The van der Waals surface area contributed by atoms with Crippen LogP contribution in [0.1, 0.15) is 22.3 Å². The molecule has 1 aromatic carbocycles. The van der Waals surface area contributed by atoms with Gasteiger partial charge in [-0.05, 0) is 30.2 Å². The third-order valence-corrected chi connectivity index (χ3v) is 5.94. The second-order valence-corrected chi connectivity index (χ2v) is 8.32. The lowest BCUT2D eigenvalue weighted by molar-refractivity contribution is 0.0938. The first kappa shape index (κ1) is 20.7. The second-order valence-electron chi connectivity index (χ2n) is 7.50. The van der Waals surface area contributed by atoms with E-state index in [1.54, 1.807) is 29.2 Å². The molecule has 3 heterocycles. The Morgan fingerprint density at radius 1 is 1.23 bits per heavy atom. The molecule has 0 radical (unpaired) electrons. The summed E-state index contributed by atoms with van der Waals surface area (Å²) in [6.07, 6.45) is 6.11. The van der Waals surface area contributed by atoms with Crippen molar-refractivity contribution in [2.24, 2.45) is 7.05 Å². The van der Waals surface area contributed by atoms with Gasteiger partial charge >= 0.3 is 0 Å². The number of hydrogen-bond acceptors (Lipinski definition) is 5. The Labute approximate surface area is 184 Å². The minimum atomic E-state index is -0.216. The van der Waals surface area contributed by atoms with Crippen LogP contribution in [0.3, 0.4) is 0 Å². The summed E-state index contributed by atoms with van der Waals surface area (Å²) in [5, 5.41) is 8.35. The number of likely N-dealkylation sites (tertiary alicyclic amines) is 1. The minimum Gasteiger partial charge on any atom is -0.383 e. The number of benzene rings is 1. The first-order valence-electron chi connectivity index (χ1n) is 9.60. The lowest BCUT2D eigenvalue weighted by Gasteiger charge is -2.17. The average molecular weight is 445 g/mol. The van der Waals surface area contributed by atoms with Gasteiger partial charge in [-0.25, -0.2) is 4.98 Å². The highest BCUT2D eigenvalue weighted by Crippen LogP contribution is 2.25. The van der Waals surface area contributed by atoms with Gasteiger partial charge in [-0.2, -0.15) is 5.10 Å². The van der Waals surface area contributed by atoms with E-state index in [9.17, 15) is 4.79 Å². The standard InChI is InChI=1S/C21H22Cl2N6O/c1-28-11-15(9-26-28)14-7-17(20(24)25-8-14)21(30)27-16-4-5-29(12-16)10-13-2-3-18(22)19(23)6-13/h2-3,6-9,11,16H,4-5,10,12H2,1H3,(H2,24,25)(H,27,30)/t16-/m1/s1. The Balaban J connectivity index is 1.40. The molecular formula is C21H22Cl2N6O. The van der Waals surface area contributed by atoms with E-state index in [1.165, 1.54) is 0 Å². The van der Waals surface area contributed by atoms with Crippen molar-refractivity contribution in [3.8, 4) is 11.1 Å². The van der Waals surface area contributed by atoms with Crippen molar-refractivity contribution >= 4 is 34.9 Å².